The molecule has 0 aliphatic heterocycles. The van der Waals surface area contributed by atoms with Crippen molar-refractivity contribution in [3.8, 4) is 33.8 Å². The molecular formula is C28H26O2S. The van der Waals surface area contributed by atoms with Crippen molar-refractivity contribution in [1.29, 1.82) is 0 Å². The van der Waals surface area contributed by atoms with Crippen LogP contribution in [0.4, 0.5) is 0 Å². The Bertz CT molecular complexity index is 1120. The van der Waals surface area contributed by atoms with Crippen molar-refractivity contribution in [3.63, 3.8) is 0 Å². The summed E-state index contributed by atoms with van der Waals surface area (Å²) in [4.78, 5) is 2.43. The van der Waals surface area contributed by atoms with Gasteiger partial charge in [0.25, 0.3) is 0 Å². The van der Waals surface area contributed by atoms with Gasteiger partial charge in [-0.05, 0) is 72.5 Å². The first kappa shape index (κ1) is 21.1. The molecule has 2 nitrogen and oxygen atoms in total. The summed E-state index contributed by atoms with van der Waals surface area (Å²) < 4.78 is 10.9. The van der Waals surface area contributed by atoms with Crippen LogP contribution in [0.2, 0.25) is 0 Å². The van der Waals surface area contributed by atoms with E-state index in [2.05, 4.69) is 74.5 Å². The molecule has 0 aliphatic carbocycles. The highest BCUT2D eigenvalue weighted by Crippen LogP contribution is 2.42. The number of rotatable bonds is 6. The number of benzene rings is 4. The van der Waals surface area contributed by atoms with Gasteiger partial charge in [-0.15, -0.1) is 0 Å². The van der Waals surface area contributed by atoms with Gasteiger partial charge in [0.05, 0.1) is 14.2 Å². The molecule has 0 radical (unpaired) electrons. The van der Waals surface area contributed by atoms with Crippen LogP contribution in [0, 0.1) is 13.8 Å². The topological polar surface area (TPSA) is 18.5 Å². The van der Waals surface area contributed by atoms with E-state index in [0.717, 1.165) is 22.6 Å². The van der Waals surface area contributed by atoms with Crippen molar-refractivity contribution < 1.29 is 9.47 Å². The lowest BCUT2D eigenvalue weighted by Gasteiger charge is -2.15. The van der Waals surface area contributed by atoms with E-state index in [1.807, 2.05) is 24.3 Å². The first-order valence-electron chi connectivity index (χ1n) is 10.3. The Morgan fingerprint density at radius 1 is 0.548 bits per heavy atom. The summed E-state index contributed by atoms with van der Waals surface area (Å²) >= 11 is 1.79. The van der Waals surface area contributed by atoms with Crippen LogP contribution in [0.3, 0.4) is 0 Å². The van der Waals surface area contributed by atoms with Gasteiger partial charge in [0.2, 0.25) is 0 Å². The van der Waals surface area contributed by atoms with Crippen molar-refractivity contribution in [3.05, 3.63) is 96.1 Å². The third-order valence-corrected chi connectivity index (χ3v) is 6.40. The van der Waals surface area contributed by atoms with Crippen LogP contribution in [-0.4, -0.2) is 14.2 Å². The molecule has 4 rings (SSSR count). The van der Waals surface area contributed by atoms with E-state index >= 15 is 0 Å². The largest absolute Gasteiger partial charge is 0.497 e. The van der Waals surface area contributed by atoms with E-state index < -0.39 is 0 Å². The summed E-state index contributed by atoms with van der Waals surface area (Å²) in [6.45, 7) is 4.26. The third kappa shape index (κ3) is 4.78. The number of hydrogen-bond donors (Lipinski definition) is 0. The molecule has 0 aliphatic rings. The van der Waals surface area contributed by atoms with E-state index in [4.69, 9.17) is 9.47 Å². The fourth-order valence-corrected chi connectivity index (χ4v) is 4.70. The predicted molar refractivity (Wildman–Crippen MR) is 130 cm³/mol. The van der Waals surface area contributed by atoms with Gasteiger partial charge in [0.1, 0.15) is 11.5 Å². The smallest absolute Gasteiger partial charge is 0.119 e. The van der Waals surface area contributed by atoms with Gasteiger partial charge >= 0.3 is 0 Å². The van der Waals surface area contributed by atoms with Crippen LogP contribution < -0.4 is 9.47 Å². The number of ether oxygens (including phenoxy) is 2. The Labute approximate surface area is 188 Å². The summed E-state index contributed by atoms with van der Waals surface area (Å²) in [5.74, 6) is 1.73. The first-order chi connectivity index (χ1) is 15.1. The molecule has 0 fully saturated rings. The highest BCUT2D eigenvalue weighted by molar-refractivity contribution is 7.99. The van der Waals surface area contributed by atoms with E-state index in [-0.39, 0.29) is 0 Å². The summed E-state index contributed by atoms with van der Waals surface area (Å²) in [5, 5.41) is 0. The minimum Gasteiger partial charge on any atom is -0.497 e. The number of methoxy groups -OCH3 is 2. The normalized spacial score (nSPS) is 10.7. The van der Waals surface area contributed by atoms with Gasteiger partial charge < -0.3 is 9.47 Å². The van der Waals surface area contributed by atoms with Crippen LogP contribution in [0.25, 0.3) is 22.3 Å². The minimum absolute atomic E-state index is 0.863. The fourth-order valence-electron chi connectivity index (χ4n) is 3.62. The Balaban J connectivity index is 1.80. The molecule has 0 unspecified atom stereocenters. The Hall–Kier alpha value is -3.17. The molecule has 0 spiro atoms. The molecule has 0 bridgehead atoms. The van der Waals surface area contributed by atoms with E-state index in [0.29, 0.717) is 0 Å². The summed E-state index contributed by atoms with van der Waals surface area (Å²) in [7, 11) is 3.41. The maximum absolute atomic E-state index is 5.46. The van der Waals surface area contributed by atoms with Gasteiger partial charge in [-0.3, -0.25) is 0 Å². The molecule has 0 N–H and O–H groups in total. The maximum atomic E-state index is 5.46. The molecule has 156 valence electrons. The Kier molecular flexibility index (Phi) is 6.34. The van der Waals surface area contributed by atoms with Gasteiger partial charge in [-0.25, -0.2) is 0 Å². The van der Waals surface area contributed by atoms with Crippen molar-refractivity contribution >= 4 is 11.8 Å². The van der Waals surface area contributed by atoms with E-state index in [1.54, 1.807) is 26.0 Å². The maximum Gasteiger partial charge on any atom is 0.119 e. The molecule has 4 aromatic rings. The van der Waals surface area contributed by atoms with Crippen LogP contribution >= 0.6 is 11.8 Å². The van der Waals surface area contributed by atoms with Gasteiger partial charge in [0, 0.05) is 9.79 Å². The van der Waals surface area contributed by atoms with Crippen LogP contribution in [0.1, 0.15) is 11.1 Å². The van der Waals surface area contributed by atoms with Crippen LogP contribution in [0.15, 0.2) is 94.7 Å². The molecule has 0 heterocycles. The number of aryl methyl sites for hydroxylation is 2. The fraction of sp³-hybridized carbons (Fsp3) is 0.143. The van der Waals surface area contributed by atoms with Crippen molar-refractivity contribution in [2.24, 2.45) is 0 Å². The Morgan fingerprint density at radius 2 is 1.00 bits per heavy atom. The van der Waals surface area contributed by atoms with Gasteiger partial charge in [0.15, 0.2) is 0 Å². The van der Waals surface area contributed by atoms with E-state index in [1.165, 1.54) is 32.0 Å². The molecule has 31 heavy (non-hydrogen) atoms. The molecule has 0 atom stereocenters. The predicted octanol–water partition coefficient (Wildman–Crippen LogP) is 7.81. The van der Waals surface area contributed by atoms with Crippen LogP contribution in [0.5, 0.6) is 11.5 Å². The minimum atomic E-state index is 0.863. The molecule has 0 saturated carbocycles. The SMILES string of the molecule is COc1cccc(-c2cc(C)ccc2Sc2ccc(C)cc2-c2cccc(OC)c2)c1. The van der Waals surface area contributed by atoms with Crippen LogP contribution in [-0.2, 0) is 0 Å². The third-order valence-electron chi connectivity index (χ3n) is 5.25. The number of hydrogen-bond acceptors (Lipinski definition) is 3. The van der Waals surface area contributed by atoms with Gasteiger partial charge in [-0.1, -0.05) is 71.4 Å². The second kappa shape index (κ2) is 9.32. The highest BCUT2D eigenvalue weighted by Gasteiger charge is 2.13. The molecule has 0 saturated heterocycles. The highest BCUT2D eigenvalue weighted by atomic mass is 32.2. The van der Waals surface area contributed by atoms with Crippen molar-refractivity contribution in [2.75, 3.05) is 14.2 Å². The van der Waals surface area contributed by atoms with E-state index in [9.17, 15) is 0 Å². The van der Waals surface area contributed by atoms with Gasteiger partial charge in [-0.2, -0.15) is 0 Å². The quantitative estimate of drug-likeness (QED) is 0.313. The first-order valence-corrected chi connectivity index (χ1v) is 11.1. The summed E-state index contributed by atoms with van der Waals surface area (Å²) in [5.41, 5.74) is 7.20. The lowest BCUT2D eigenvalue weighted by Crippen LogP contribution is -1.90. The molecule has 4 aromatic carbocycles. The molecule has 3 heteroatoms. The second-order valence-corrected chi connectivity index (χ2v) is 8.65. The van der Waals surface area contributed by atoms with Crippen molar-refractivity contribution in [1.82, 2.24) is 0 Å². The second-order valence-electron chi connectivity index (χ2n) is 7.57. The Morgan fingerprint density at radius 3 is 1.42 bits per heavy atom. The molecular weight excluding hydrogens is 400 g/mol. The average Bonchev–Trinajstić information content (AvgIpc) is 2.81. The standard InChI is InChI=1S/C28H26O2S/c1-19-11-13-27(25(15-19)21-7-5-9-23(17-21)29-3)31-28-14-12-20(2)16-26(28)22-8-6-10-24(18-22)30-4/h5-18H,1-4H3. The summed E-state index contributed by atoms with van der Waals surface area (Å²) in [6, 6.07) is 29.8. The molecule has 0 amide bonds. The average molecular weight is 427 g/mol. The zero-order valence-electron chi connectivity index (χ0n) is 18.3. The monoisotopic (exact) mass is 426 g/mol. The lowest BCUT2D eigenvalue weighted by molar-refractivity contribution is 0.415. The molecule has 0 aromatic heterocycles. The zero-order valence-corrected chi connectivity index (χ0v) is 19.1. The van der Waals surface area contributed by atoms with Crippen molar-refractivity contribution in [2.45, 2.75) is 23.6 Å². The lowest BCUT2D eigenvalue weighted by atomic mass is 10.0. The zero-order chi connectivity index (χ0) is 21.8. The summed E-state index contributed by atoms with van der Waals surface area (Å²) in [6.07, 6.45) is 0.